The van der Waals surface area contributed by atoms with E-state index in [0.29, 0.717) is 12.2 Å². The van der Waals surface area contributed by atoms with Crippen LogP contribution in [0, 0.1) is 0 Å². The summed E-state index contributed by atoms with van der Waals surface area (Å²) in [6.07, 6.45) is 1.20. The van der Waals surface area contributed by atoms with E-state index in [1.54, 1.807) is 24.3 Å². The van der Waals surface area contributed by atoms with E-state index in [2.05, 4.69) is 5.32 Å². The molecule has 5 heteroatoms. The van der Waals surface area contributed by atoms with Crippen LogP contribution in [0.4, 0.5) is 5.69 Å². The van der Waals surface area contributed by atoms with E-state index >= 15 is 0 Å². The Morgan fingerprint density at radius 3 is 2.25 bits per heavy atom. The highest BCUT2D eigenvalue weighted by Gasteiger charge is 2.16. The molecule has 0 aliphatic carbocycles. The zero-order valence-corrected chi connectivity index (χ0v) is 12.1. The molecule has 1 unspecified atom stereocenters. The molecule has 2 aromatic carbocycles. The molecule has 0 fully saturated rings. The van der Waals surface area contributed by atoms with Gasteiger partial charge in [-0.3, -0.25) is 0 Å². The van der Waals surface area contributed by atoms with Crippen molar-refractivity contribution in [3.63, 3.8) is 0 Å². The zero-order valence-electron chi connectivity index (χ0n) is 11.3. The highest BCUT2D eigenvalue weighted by atomic mass is 32.2. The van der Waals surface area contributed by atoms with Crippen molar-refractivity contribution in [2.24, 2.45) is 5.73 Å². The summed E-state index contributed by atoms with van der Waals surface area (Å²) in [5.74, 6) is 0. The molecule has 20 heavy (non-hydrogen) atoms. The van der Waals surface area contributed by atoms with E-state index < -0.39 is 9.84 Å². The van der Waals surface area contributed by atoms with Gasteiger partial charge in [-0.15, -0.1) is 0 Å². The average molecular weight is 290 g/mol. The minimum atomic E-state index is -3.27. The number of para-hydroxylation sites is 1. The molecule has 0 aliphatic heterocycles. The number of nitrogens with one attached hydrogen (secondary N) is 1. The molecule has 106 valence electrons. The van der Waals surface area contributed by atoms with E-state index in [0.717, 1.165) is 5.56 Å². The Kier molecular flexibility index (Phi) is 4.42. The minimum Gasteiger partial charge on any atom is -0.376 e. The van der Waals surface area contributed by atoms with Gasteiger partial charge in [0.1, 0.15) is 0 Å². The molecular formula is C15H18N2O2S. The second-order valence-corrected chi connectivity index (χ2v) is 6.60. The molecule has 4 nitrogen and oxygen atoms in total. The van der Waals surface area contributed by atoms with Gasteiger partial charge in [-0.25, -0.2) is 8.42 Å². The molecular weight excluding hydrogens is 272 g/mol. The van der Waals surface area contributed by atoms with Crippen molar-refractivity contribution in [3.8, 4) is 0 Å². The predicted molar refractivity (Wildman–Crippen MR) is 81.4 cm³/mol. The summed E-state index contributed by atoms with van der Waals surface area (Å²) in [7, 11) is -3.27. The van der Waals surface area contributed by atoms with Gasteiger partial charge < -0.3 is 11.1 Å². The van der Waals surface area contributed by atoms with Gasteiger partial charge >= 0.3 is 0 Å². The van der Waals surface area contributed by atoms with Crippen LogP contribution in [0.1, 0.15) is 11.6 Å². The van der Waals surface area contributed by atoms with Crippen molar-refractivity contribution in [2.75, 3.05) is 18.1 Å². The molecule has 2 rings (SSSR count). The van der Waals surface area contributed by atoms with E-state index in [-0.39, 0.29) is 10.9 Å². The van der Waals surface area contributed by atoms with Crippen molar-refractivity contribution >= 4 is 15.5 Å². The fourth-order valence-electron chi connectivity index (χ4n) is 2.06. The lowest BCUT2D eigenvalue weighted by molar-refractivity contribution is 0.602. The van der Waals surface area contributed by atoms with Crippen LogP contribution in [-0.2, 0) is 9.84 Å². The maximum Gasteiger partial charge on any atom is 0.177 e. The molecule has 1 atom stereocenters. The Labute approximate surface area is 119 Å². The number of rotatable bonds is 5. The second kappa shape index (κ2) is 6.07. The molecule has 0 amide bonds. The third-order valence-corrected chi connectivity index (χ3v) is 4.21. The van der Waals surface area contributed by atoms with Crippen molar-refractivity contribution < 1.29 is 8.42 Å². The lowest BCUT2D eigenvalue weighted by atomic mass is 10.1. The first-order chi connectivity index (χ1) is 9.52. The van der Waals surface area contributed by atoms with Gasteiger partial charge in [-0.05, 0) is 17.7 Å². The summed E-state index contributed by atoms with van der Waals surface area (Å²) < 4.78 is 23.6. The first-order valence-electron chi connectivity index (χ1n) is 6.33. The lowest BCUT2D eigenvalue weighted by Crippen LogP contribution is -2.21. The molecule has 0 spiro atoms. The SMILES string of the molecule is CS(=O)(=O)c1ccccc1NC(CN)c1ccccc1. The maximum atomic E-state index is 11.8. The number of sulfone groups is 1. The van der Waals surface area contributed by atoms with Crippen LogP contribution in [0.25, 0.3) is 0 Å². The highest BCUT2D eigenvalue weighted by Crippen LogP contribution is 2.25. The Balaban J connectivity index is 2.34. The smallest absolute Gasteiger partial charge is 0.177 e. The van der Waals surface area contributed by atoms with Gasteiger partial charge in [0.05, 0.1) is 16.6 Å². The molecule has 0 heterocycles. The van der Waals surface area contributed by atoms with Gasteiger partial charge in [0.25, 0.3) is 0 Å². The number of nitrogens with two attached hydrogens (primary N) is 1. The first kappa shape index (κ1) is 14.6. The second-order valence-electron chi connectivity index (χ2n) is 4.61. The molecule has 0 radical (unpaired) electrons. The van der Waals surface area contributed by atoms with Gasteiger partial charge in [-0.2, -0.15) is 0 Å². The number of anilines is 1. The summed E-state index contributed by atoms with van der Waals surface area (Å²) in [5, 5.41) is 3.22. The monoisotopic (exact) mass is 290 g/mol. The van der Waals surface area contributed by atoms with Gasteiger partial charge in [0.15, 0.2) is 9.84 Å². The molecule has 0 saturated carbocycles. The van der Waals surface area contributed by atoms with Crippen LogP contribution in [0.5, 0.6) is 0 Å². The van der Waals surface area contributed by atoms with Crippen LogP contribution < -0.4 is 11.1 Å². The Morgan fingerprint density at radius 2 is 1.65 bits per heavy atom. The molecule has 0 saturated heterocycles. The standard InChI is InChI=1S/C15H18N2O2S/c1-20(18,19)15-10-6-5-9-13(15)17-14(11-16)12-7-3-2-4-8-12/h2-10,14,17H,11,16H2,1H3. The first-order valence-corrected chi connectivity index (χ1v) is 8.22. The Bertz CT molecular complexity index is 669. The van der Waals surface area contributed by atoms with E-state index in [1.807, 2.05) is 30.3 Å². The fraction of sp³-hybridized carbons (Fsp3) is 0.200. The normalized spacial score (nSPS) is 12.9. The van der Waals surface area contributed by atoms with Crippen molar-refractivity contribution in [3.05, 3.63) is 60.2 Å². The molecule has 0 bridgehead atoms. The highest BCUT2D eigenvalue weighted by molar-refractivity contribution is 7.90. The number of hydrogen-bond donors (Lipinski definition) is 2. The molecule has 2 aromatic rings. The third kappa shape index (κ3) is 3.37. The van der Waals surface area contributed by atoms with Crippen LogP contribution in [-0.4, -0.2) is 21.2 Å². The van der Waals surface area contributed by atoms with Crippen molar-refractivity contribution in [2.45, 2.75) is 10.9 Å². The van der Waals surface area contributed by atoms with Crippen LogP contribution in [0.2, 0.25) is 0 Å². The van der Waals surface area contributed by atoms with Gasteiger partial charge in [0, 0.05) is 12.8 Å². The summed E-state index contributed by atoms with van der Waals surface area (Å²) in [4.78, 5) is 0.286. The summed E-state index contributed by atoms with van der Waals surface area (Å²) in [6, 6.07) is 16.5. The van der Waals surface area contributed by atoms with E-state index in [4.69, 9.17) is 5.73 Å². The van der Waals surface area contributed by atoms with E-state index in [1.165, 1.54) is 6.26 Å². The predicted octanol–water partition coefficient (Wildman–Crippen LogP) is 2.20. The Morgan fingerprint density at radius 1 is 1.05 bits per heavy atom. The topological polar surface area (TPSA) is 72.2 Å². The fourth-order valence-corrected chi connectivity index (χ4v) is 2.91. The third-order valence-electron chi connectivity index (χ3n) is 3.05. The summed E-state index contributed by atoms with van der Waals surface area (Å²) in [5.41, 5.74) is 7.40. The van der Waals surface area contributed by atoms with Crippen LogP contribution >= 0.6 is 0 Å². The van der Waals surface area contributed by atoms with Crippen molar-refractivity contribution in [1.82, 2.24) is 0 Å². The summed E-state index contributed by atoms with van der Waals surface area (Å²) in [6.45, 7) is 0.377. The lowest BCUT2D eigenvalue weighted by Gasteiger charge is -2.20. The largest absolute Gasteiger partial charge is 0.376 e. The Hall–Kier alpha value is -1.85. The molecule has 0 aromatic heterocycles. The zero-order chi connectivity index (χ0) is 14.6. The summed E-state index contributed by atoms with van der Waals surface area (Å²) >= 11 is 0. The molecule has 3 N–H and O–H groups in total. The van der Waals surface area contributed by atoms with E-state index in [9.17, 15) is 8.42 Å². The van der Waals surface area contributed by atoms with Crippen LogP contribution in [0.3, 0.4) is 0 Å². The quantitative estimate of drug-likeness (QED) is 0.885. The number of hydrogen-bond acceptors (Lipinski definition) is 4. The number of benzene rings is 2. The average Bonchev–Trinajstić information content (AvgIpc) is 2.45. The maximum absolute atomic E-state index is 11.8. The minimum absolute atomic E-state index is 0.126. The van der Waals surface area contributed by atoms with Crippen LogP contribution in [0.15, 0.2) is 59.5 Å². The molecule has 0 aliphatic rings. The van der Waals surface area contributed by atoms with Gasteiger partial charge in [-0.1, -0.05) is 42.5 Å². The van der Waals surface area contributed by atoms with Gasteiger partial charge in [0.2, 0.25) is 0 Å². The van der Waals surface area contributed by atoms with Crippen molar-refractivity contribution in [1.29, 1.82) is 0 Å².